The number of carboxylic acid groups (broad SMARTS) is 4. The molecule has 2 aliphatic heterocycles. The van der Waals surface area contributed by atoms with Crippen molar-refractivity contribution in [2.24, 2.45) is 5.41 Å². The van der Waals surface area contributed by atoms with E-state index in [4.69, 9.17) is 5.11 Å². The smallest absolute Gasteiger partial charge is 0.326 e. The quantitative estimate of drug-likeness (QED) is 0.0395. The van der Waals surface area contributed by atoms with Crippen LogP contribution in [0.3, 0.4) is 0 Å². The molecule has 26 nitrogen and oxygen atoms in total. The van der Waals surface area contributed by atoms with Gasteiger partial charge in [0.15, 0.2) is 0 Å². The van der Waals surface area contributed by atoms with Gasteiger partial charge in [-0.05, 0) is 109 Å². The lowest BCUT2D eigenvalue weighted by molar-refractivity contribution is -0.141. The highest BCUT2D eigenvalue weighted by Crippen LogP contribution is 2.41. The largest absolute Gasteiger partial charge is 0.511 e. The first-order valence-corrected chi connectivity index (χ1v) is 25.8. The summed E-state index contributed by atoms with van der Waals surface area (Å²) in [6.07, 6.45) is 7.52. The number of anilines is 4. The molecule has 77 heavy (non-hydrogen) atoms. The number of nitrogens with one attached hydrogen (secondary N) is 5. The number of aliphatic hydroxyl groups is 3. The highest BCUT2D eigenvalue weighted by atomic mass is 16.4. The molecule has 3 amide bonds. The van der Waals surface area contributed by atoms with Crippen LogP contribution in [0.25, 0.3) is 0 Å². The summed E-state index contributed by atoms with van der Waals surface area (Å²) in [5.41, 5.74) is 0.263. The summed E-state index contributed by atoms with van der Waals surface area (Å²) in [6.45, 7) is 4.40. The van der Waals surface area contributed by atoms with Gasteiger partial charge in [-0.2, -0.15) is 15.0 Å². The Morgan fingerprint density at radius 1 is 0.766 bits per heavy atom. The number of nitrogens with zero attached hydrogens (tertiary/aromatic N) is 8. The van der Waals surface area contributed by atoms with Gasteiger partial charge in [-0.3, -0.25) is 34.0 Å². The van der Waals surface area contributed by atoms with E-state index in [1.54, 1.807) is 23.1 Å². The number of carbonyl (C=O) groups is 6. The van der Waals surface area contributed by atoms with Gasteiger partial charge in [-0.1, -0.05) is 25.5 Å². The number of hydrogen-bond acceptors (Lipinski definition) is 19. The molecule has 4 rings (SSSR count). The number of fused-ring (bicyclic) bond motifs is 1. The fourth-order valence-electron chi connectivity index (χ4n) is 9.20. The lowest BCUT2D eigenvalue weighted by Gasteiger charge is -2.46. The van der Waals surface area contributed by atoms with Gasteiger partial charge >= 0.3 is 29.9 Å². The van der Waals surface area contributed by atoms with Crippen molar-refractivity contribution in [3.63, 3.8) is 0 Å². The summed E-state index contributed by atoms with van der Waals surface area (Å²) in [5.74, 6) is -4.14. The molecule has 5 atom stereocenters. The van der Waals surface area contributed by atoms with Crippen molar-refractivity contribution < 1.29 is 64.5 Å². The van der Waals surface area contributed by atoms with Crippen LogP contribution in [0.5, 0.6) is 0 Å². The normalized spacial score (nSPS) is 20.1. The third kappa shape index (κ3) is 21.0. The van der Waals surface area contributed by atoms with E-state index >= 15 is 0 Å². The Hall–Kier alpha value is -7.29. The second-order valence-corrected chi connectivity index (χ2v) is 19.9. The van der Waals surface area contributed by atoms with E-state index in [1.165, 1.54) is 0 Å². The van der Waals surface area contributed by atoms with Gasteiger partial charge in [0.2, 0.25) is 23.8 Å². The molecule has 0 spiro atoms. The lowest BCUT2D eigenvalue weighted by Crippen LogP contribution is -2.59. The molecule has 26 heteroatoms. The number of amides is 3. The van der Waals surface area contributed by atoms with Gasteiger partial charge in [0.05, 0.1) is 31.6 Å². The zero-order valence-corrected chi connectivity index (χ0v) is 44.9. The summed E-state index contributed by atoms with van der Waals surface area (Å²) in [4.78, 5) is 94.2. The molecule has 0 saturated heterocycles. The van der Waals surface area contributed by atoms with Crippen LogP contribution in [-0.4, -0.2) is 224 Å². The van der Waals surface area contributed by atoms with Gasteiger partial charge in [-0.15, -0.1) is 0 Å². The topological polar surface area (TPSA) is 359 Å². The minimum Gasteiger partial charge on any atom is -0.511 e. The number of carbonyl (C=O) groups excluding carboxylic acids is 2. The van der Waals surface area contributed by atoms with E-state index in [0.717, 1.165) is 12.0 Å². The van der Waals surface area contributed by atoms with Crippen molar-refractivity contribution in [2.75, 3.05) is 110 Å². The second kappa shape index (κ2) is 30.5. The van der Waals surface area contributed by atoms with Crippen LogP contribution in [0, 0.1) is 5.41 Å². The summed E-state index contributed by atoms with van der Waals surface area (Å²) < 4.78 is 0. The Labute approximate surface area is 448 Å². The van der Waals surface area contributed by atoms with Crippen LogP contribution >= 0.6 is 0 Å². The highest BCUT2D eigenvalue weighted by Gasteiger charge is 2.48. The van der Waals surface area contributed by atoms with E-state index in [2.05, 4.69) is 41.5 Å². The summed E-state index contributed by atoms with van der Waals surface area (Å²) in [7, 11) is 9.19. The number of urea groups is 1. The van der Waals surface area contributed by atoms with Crippen molar-refractivity contribution in [2.45, 2.75) is 95.3 Å². The average Bonchev–Trinajstić information content (AvgIpc) is 3.40. The summed E-state index contributed by atoms with van der Waals surface area (Å²) >= 11 is 0. The van der Waals surface area contributed by atoms with Crippen molar-refractivity contribution >= 4 is 59.3 Å². The Bertz CT molecular complexity index is 2410. The van der Waals surface area contributed by atoms with Crippen LogP contribution in [0.1, 0.15) is 70.3 Å². The number of aliphatic carboxylic acids is 4. The predicted molar refractivity (Wildman–Crippen MR) is 287 cm³/mol. The minimum atomic E-state index is -1.51. The summed E-state index contributed by atoms with van der Waals surface area (Å²) in [6, 6.07) is 2.67. The molecule has 0 radical (unpaired) electrons. The van der Waals surface area contributed by atoms with E-state index in [9.17, 15) is 59.4 Å². The zero-order valence-electron chi connectivity index (χ0n) is 44.9. The van der Waals surface area contributed by atoms with Crippen LogP contribution < -0.4 is 31.5 Å². The maximum absolute atomic E-state index is 12.5. The molecule has 2 aromatic rings. The fourth-order valence-corrected chi connectivity index (χ4v) is 9.20. The molecular formula is C51H79N13O13. The van der Waals surface area contributed by atoms with Crippen LogP contribution in [0.2, 0.25) is 0 Å². The molecule has 12 N–H and O–H groups in total. The van der Waals surface area contributed by atoms with Crippen molar-refractivity contribution in [1.82, 2.24) is 50.5 Å². The predicted octanol–water partition coefficient (Wildman–Crippen LogP) is 2.83. The number of aliphatic hydroxyl groups excluding tert-OH is 3. The number of benzene rings is 1. The van der Waals surface area contributed by atoms with Gasteiger partial charge in [0, 0.05) is 70.9 Å². The first-order valence-electron chi connectivity index (χ1n) is 25.8. The first kappa shape index (κ1) is 62.3. The number of hydrogen-bond donors (Lipinski definition) is 12. The number of rotatable bonds is 30. The number of aromatic nitrogens is 3. The highest BCUT2D eigenvalue weighted by molar-refractivity contribution is 5.86. The van der Waals surface area contributed by atoms with Crippen molar-refractivity contribution in [3.05, 3.63) is 65.3 Å². The van der Waals surface area contributed by atoms with Gasteiger partial charge < -0.3 is 67.2 Å². The molecule has 0 saturated carbocycles. The molecule has 1 aromatic carbocycles. The first-order chi connectivity index (χ1) is 36.5. The molecular weight excluding hydrogens is 1000 g/mol. The monoisotopic (exact) mass is 1080 g/mol. The summed E-state index contributed by atoms with van der Waals surface area (Å²) in [5, 5.41) is 85.8. The standard InChI is InChI=1S/C51H79N13O13/c1-7-61(4)29-35(65)26-51-27-36(66)30-62(5)23-24-64(32-43(71)72)44(51)40(63(6)31-37(67)28-51)25-33-15-17-34(18-16-33)54-48-57-47(58-49(59-48)60(2)3)53-22-11-8-9-14-41(68)52-21-12-10-13-38(45(73)74)55-50(77)56-39(46(75)76)19-20-42(69)70/h15-18,26-28,38-40,44,65-67H,7-14,19-25,29-32H2,1-6H3,(H,52,68)(H,69,70)(H,71,72)(H,73,74)(H,75,76)(H2,55,56,77)(H2,53,54,57,58,59)/b35-26+,36-27+/t38-,39-,40?,44?,51?/m0/s1. The maximum Gasteiger partial charge on any atom is 0.326 e. The van der Waals surface area contributed by atoms with Crippen LogP contribution in [-0.2, 0) is 30.4 Å². The molecule has 0 fully saturated rings. The number of likely N-dealkylation sites (N-methyl/N-ethyl adjacent to an activating group) is 3. The Kier molecular flexibility index (Phi) is 24.6. The van der Waals surface area contributed by atoms with Crippen LogP contribution in [0.4, 0.5) is 28.3 Å². The third-order valence-corrected chi connectivity index (χ3v) is 13.1. The van der Waals surface area contributed by atoms with Crippen molar-refractivity contribution in [1.29, 1.82) is 0 Å². The molecule has 0 aliphatic carbocycles. The van der Waals surface area contributed by atoms with Gasteiger partial charge in [-0.25, -0.2) is 14.4 Å². The fraction of sp³-hybridized carbons (Fsp3) is 0.588. The van der Waals surface area contributed by atoms with E-state index in [1.807, 2.05) is 86.0 Å². The van der Waals surface area contributed by atoms with Gasteiger partial charge in [0.1, 0.15) is 29.4 Å². The van der Waals surface area contributed by atoms with Crippen LogP contribution in [0.15, 0.2) is 59.8 Å². The molecule has 426 valence electrons. The molecule has 1 aromatic heterocycles. The maximum atomic E-state index is 12.5. The second-order valence-electron chi connectivity index (χ2n) is 19.9. The molecule has 2 aliphatic rings. The molecule has 3 unspecified atom stereocenters. The molecule has 3 heterocycles. The zero-order chi connectivity index (χ0) is 56.8. The van der Waals surface area contributed by atoms with Gasteiger partial charge in [0.25, 0.3) is 0 Å². The van der Waals surface area contributed by atoms with Crippen molar-refractivity contribution in [3.8, 4) is 0 Å². The molecule has 0 bridgehead atoms. The SMILES string of the molecule is CCN(C)C/C(O)=C\C12C=C(O)CN(C)C(Cc3ccc(Nc4nc(NCCCCCC(=O)NCCCC[C@H](NC(=O)N[C@@H](CCC(=O)O)C(=O)O)C(=O)O)nc(N(C)C)n4)cc3)C1N(CC(=O)O)CCN(C)C/C(O)=C\2. The third-order valence-electron chi connectivity index (χ3n) is 13.1. The number of carboxylic acids is 4. The Morgan fingerprint density at radius 2 is 1.40 bits per heavy atom. The lowest BCUT2D eigenvalue weighted by atomic mass is 9.73. The number of unbranched alkanes of at least 4 members (excludes halogenated alkanes) is 3. The minimum absolute atomic E-state index is 0.0139. The Balaban J connectivity index is 1.34. The Morgan fingerprint density at radius 3 is 2.03 bits per heavy atom. The van der Waals surface area contributed by atoms with E-state index in [0.29, 0.717) is 75.9 Å². The average molecular weight is 1080 g/mol. The van der Waals surface area contributed by atoms with E-state index < -0.39 is 65.9 Å². The van der Waals surface area contributed by atoms with E-state index in [-0.39, 0.29) is 81.1 Å².